The Morgan fingerprint density at radius 3 is 1.15 bits per heavy atom. The number of carbonyl (C=O) groups excluding carboxylic acids is 3. The van der Waals surface area contributed by atoms with Crippen LogP contribution in [-0.2, 0) is 28.8 Å². The fourth-order valence-electron chi connectivity index (χ4n) is 1.40. The Kier molecular flexibility index (Phi) is 13.4. The van der Waals surface area contributed by atoms with Gasteiger partial charge in [0.25, 0.3) is 0 Å². The molecule has 149 valence electrons. The summed E-state index contributed by atoms with van der Waals surface area (Å²) in [6.07, 6.45) is -5.00. The monoisotopic (exact) mass is 619 g/mol. The summed E-state index contributed by atoms with van der Waals surface area (Å²) in [4.78, 5) is 60.5. The molecule has 0 amide bonds. The molecular weight excluding hydrogens is 606 g/mol. The molecule has 0 aromatic rings. The number of hydrogen-bond acceptors (Lipinski definition) is 11. The Morgan fingerprint density at radius 1 is 0.630 bits per heavy atom. The maximum absolute atomic E-state index is 10.3. The van der Waals surface area contributed by atoms with Crippen LogP contribution in [0.15, 0.2) is 0 Å². The zero-order valence-corrected chi connectivity index (χ0v) is 17.4. The van der Waals surface area contributed by atoms with E-state index < -0.39 is 72.7 Å². The zero-order chi connectivity index (χ0) is 21.3. The van der Waals surface area contributed by atoms with Gasteiger partial charge in [0.2, 0.25) is 0 Å². The fraction of sp³-hybridized carbons (Fsp3) is 0.500. The van der Waals surface area contributed by atoms with Gasteiger partial charge in [-0.3, -0.25) is 9.59 Å². The standard InChI is InChI=1S/2C6H8O7.U/c2*7-3(8)1-6(13,5(11)12)2-4(9)10;/h2*13H,1-2H2,(H,7,8)(H,9,10)(H,11,12);/q;;+3/p-3. The summed E-state index contributed by atoms with van der Waals surface area (Å²) in [6, 6.07) is 0. The van der Waals surface area contributed by atoms with Gasteiger partial charge in [0.15, 0.2) is 5.60 Å². The maximum Gasteiger partial charge on any atom is 3.00 e. The topological polar surface area (TPSA) is 273 Å². The van der Waals surface area contributed by atoms with Crippen molar-refractivity contribution in [1.82, 2.24) is 0 Å². The largest absolute Gasteiger partial charge is 3.00 e. The van der Waals surface area contributed by atoms with Crippen molar-refractivity contribution in [3.8, 4) is 0 Å². The summed E-state index contributed by atoms with van der Waals surface area (Å²) in [5, 5.41) is 72.7. The molecule has 2 atom stereocenters. The van der Waals surface area contributed by atoms with Crippen molar-refractivity contribution in [3.63, 3.8) is 0 Å². The van der Waals surface area contributed by atoms with E-state index in [2.05, 4.69) is 0 Å². The van der Waals surface area contributed by atoms with Crippen molar-refractivity contribution in [2.75, 3.05) is 0 Å². The van der Waals surface area contributed by atoms with E-state index in [1.165, 1.54) is 0 Å². The van der Waals surface area contributed by atoms with Gasteiger partial charge >= 0.3 is 49.0 Å². The van der Waals surface area contributed by atoms with E-state index in [0.29, 0.717) is 0 Å². The van der Waals surface area contributed by atoms with Gasteiger partial charge in [0.1, 0.15) is 5.60 Å². The van der Waals surface area contributed by atoms with Gasteiger partial charge in [-0.25, -0.2) is 4.79 Å². The summed E-state index contributed by atoms with van der Waals surface area (Å²) in [5.74, 6) is -11.0. The average molecular weight is 619 g/mol. The van der Waals surface area contributed by atoms with Gasteiger partial charge in [-0.05, 0) is 0 Å². The molecule has 14 nitrogen and oxygen atoms in total. The number of aliphatic carboxylic acids is 6. The third kappa shape index (κ3) is 12.7. The van der Waals surface area contributed by atoms with Crippen LogP contribution >= 0.6 is 0 Å². The van der Waals surface area contributed by atoms with Gasteiger partial charge in [0.05, 0.1) is 18.8 Å². The van der Waals surface area contributed by atoms with E-state index in [-0.39, 0.29) is 31.1 Å². The maximum atomic E-state index is 10.3. The summed E-state index contributed by atoms with van der Waals surface area (Å²) in [7, 11) is 0. The van der Waals surface area contributed by atoms with Crippen LogP contribution in [-0.4, -0.2) is 72.6 Å². The summed E-state index contributed by atoms with van der Waals surface area (Å²) in [5.41, 5.74) is -5.71. The molecule has 15 heteroatoms. The third-order valence-corrected chi connectivity index (χ3v) is 2.54. The summed E-state index contributed by atoms with van der Waals surface area (Å²) < 4.78 is 0. The molecule has 27 heavy (non-hydrogen) atoms. The molecule has 0 bridgehead atoms. The molecule has 0 fully saturated rings. The second-order valence-corrected chi connectivity index (χ2v) is 4.89. The molecule has 0 aromatic carbocycles. The molecule has 5 N–H and O–H groups in total. The zero-order valence-electron chi connectivity index (χ0n) is 13.2. The van der Waals surface area contributed by atoms with Gasteiger partial charge in [-0.1, -0.05) is 0 Å². The minimum Gasteiger partial charge on any atom is -0.550 e. The number of hydrogen-bond donors (Lipinski definition) is 5. The van der Waals surface area contributed by atoms with E-state index in [0.717, 1.165) is 0 Å². The second-order valence-electron chi connectivity index (χ2n) is 4.89. The van der Waals surface area contributed by atoms with Crippen LogP contribution in [0.3, 0.4) is 0 Å². The first-order valence-electron chi connectivity index (χ1n) is 6.28. The van der Waals surface area contributed by atoms with Crippen molar-refractivity contribution in [2.24, 2.45) is 0 Å². The molecule has 0 aliphatic rings. The van der Waals surface area contributed by atoms with Crippen molar-refractivity contribution in [3.05, 3.63) is 0 Å². The quantitative estimate of drug-likeness (QED) is 0.152. The fourth-order valence-corrected chi connectivity index (χ4v) is 1.40. The van der Waals surface area contributed by atoms with Crippen LogP contribution in [0.25, 0.3) is 0 Å². The number of carboxylic acid groups (broad SMARTS) is 6. The van der Waals surface area contributed by atoms with Crippen LogP contribution in [0, 0.1) is 31.1 Å². The van der Waals surface area contributed by atoms with Crippen LogP contribution in [0.5, 0.6) is 0 Å². The molecule has 0 saturated heterocycles. The minimum atomic E-state index is -2.91. The molecule has 1 radical (unpaired) electrons. The van der Waals surface area contributed by atoms with Crippen molar-refractivity contribution in [2.45, 2.75) is 36.9 Å². The van der Waals surface area contributed by atoms with Crippen LogP contribution < -0.4 is 15.3 Å². The van der Waals surface area contributed by atoms with Crippen molar-refractivity contribution >= 4 is 35.8 Å². The molecule has 0 spiro atoms. The number of carbonyl (C=O) groups is 6. The molecule has 2 unspecified atom stereocenters. The third-order valence-electron chi connectivity index (χ3n) is 2.54. The van der Waals surface area contributed by atoms with E-state index in [4.69, 9.17) is 25.5 Å². The molecule has 0 aromatic heterocycles. The Balaban J connectivity index is -0.000000411. The molecule has 0 heterocycles. The van der Waals surface area contributed by atoms with Gasteiger partial charge < -0.3 is 55.2 Å². The van der Waals surface area contributed by atoms with Gasteiger partial charge in [0, 0.05) is 24.8 Å². The second kappa shape index (κ2) is 12.2. The van der Waals surface area contributed by atoms with E-state index in [1.807, 2.05) is 0 Å². The normalized spacial score (nSPS) is 14.0. The Labute approximate surface area is 173 Å². The first-order chi connectivity index (χ1) is 11.6. The SMILES string of the molecule is O=C([O-])CC(O)(CC(=O)O)C(=O)O.O=C([O-])CC(O)(CC(=O)O)C(=O)[O-].[U+3]. The average Bonchev–Trinajstić information content (AvgIpc) is 2.34. The van der Waals surface area contributed by atoms with Gasteiger partial charge in [-0.15, -0.1) is 0 Å². The van der Waals surface area contributed by atoms with E-state index >= 15 is 0 Å². The summed E-state index contributed by atoms with van der Waals surface area (Å²) >= 11 is 0. The Hall–Kier alpha value is -2.21. The Bertz CT molecular complexity index is 513. The molecule has 0 aliphatic heterocycles. The van der Waals surface area contributed by atoms with E-state index in [9.17, 15) is 44.1 Å². The van der Waals surface area contributed by atoms with Crippen molar-refractivity contribution < 1.29 is 101 Å². The molecule has 0 rings (SSSR count). The number of carboxylic acids is 6. The number of rotatable bonds is 10. The predicted molar refractivity (Wildman–Crippen MR) is 66.3 cm³/mol. The van der Waals surface area contributed by atoms with Crippen LogP contribution in [0.2, 0.25) is 0 Å². The van der Waals surface area contributed by atoms with Gasteiger partial charge in [-0.2, -0.15) is 0 Å². The minimum absolute atomic E-state index is 0. The van der Waals surface area contributed by atoms with E-state index in [1.54, 1.807) is 0 Å². The molecular formula is C12H13O14U. The first kappa shape index (κ1) is 29.6. The molecule has 0 saturated carbocycles. The predicted octanol–water partition coefficient (Wildman–Crippen LogP) is -6.50. The number of aliphatic hydroxyl groups is 2. The van der Waals surface area contributed by atoms with Crippen molar-refractivity contribution in [1.29, 1.82) is 0 Å². The first-order valence-corrected chi connectivity index (χ1v) is 6.28. The smallest absolute Gasteiger partial charge is 0.550 e. The molecule has 0 aliphatic carbocycles. The summed E-state index contributed by atoms with van der Waals surface area (Å²) in [6.45, 7) is 0. The van der Waals surface area contributed by atoms with Crippen LogP contribution in [0.4, 0.5) is 0 Å². The van der Waals surface area contributed by atoms with Crippen LogP contribution in [0.1, 0.15) is 25.7 Å². The Morgan fingerprint density at radius 2 is 0.926 bits per heavy atom.